The number of aliphatic hydroxyl groups is 1. The first-order chi connectivity index (χ1) is 9.18. The number of amides is 1. The molecule has 0 aromatic heterocycles. The van der Waals surface area contributed by atoms with E-state index in [1.54, 1.807) is 0 Å². The van der Waals surface area contributed by atoms with Crippen LogP contribution in [0.3, 0.4) is 0 Å². The van der Waals surface area contributed by atoms with E-state index in [4.69, 9.17) is 5.73 Å². The van der Waals surface area contributed by atoms with Gasteiger partial charge in [-0.05, 0) is 24.7 Å². The fraction of sp³-hybridized carbons (Fsp3) is 0.933. The molecule has 19 heavy (non-hydrogen) atoms. The molecule has 2 fully saturated rings. The smallest absolute Gasteiger partial charge is 0.247 e. The Bertz CT molecular complexity index is 290. The van der Waals surface area contributed by atoms with E-state index in [2.05, 4.69) is 5.32 Å². The zero-order valence-electron chi connectivity index (χ0n) is 11.8. The third kappa shape index (κ3) is 4.18. The number of rotatable bonds is 5. The molecule has 0 bridgehead atoms. The lowest BCUT2D eigenvalue weighted by Crippen LogP contribution is -2.47. The summed E-state index contributed by atoms with van der Waals surface area (Å²) >= 11 is 0. The molecule has 0 saturated heterocycles. The Morgan fingerprint density at radius 1 is 1.11 bits per heavy atom. The van der Waals surface area contributed by atoms with E-state index in [9.17, 15) is 9.90 Å². The highest BCUT2D eigenvalue weighted by molar-refractivity contribution is 5.78. The van der Waals surface area contributed by atoms with Gasteiger partial charge < -0.3 is 16.2 Å². The van der Waals surface area contributed by atoms with Crippen molar-refractivity contribution in [3.63, 3.8) is 0 Å². The first kappa shape index (κ1) is 14.8. The highest BCUT2D eigenvalue weighted by atomic mass is 16.3. The van der Waals surface area contributed by atoms with Crippen molar-refractivity contribution in [2.24, 2.45) is 17.6 Å². The maximum Gasteiger partial charge on any atom is 0.247 e. The van der Waals surface area contributed by atoms with Gasteiger partial charge in [0.25, 0.3) is 0 Å². The minimum absolute atomic E-state index is 0.309. The summed E-state index contributed by atoms with van der Waals surface area (Å²) in [5, 5.41) is 12.9. The molecular weight excluding hydrogens is 240 g/mol. The topological polar surface area (TPSA) is 75.4 Å². The molecule has 0 aromatic rings. The lowest BCUT2D eigenvalue weighted by Gasteiger charge is -2.39. The minimum Gasteiger partial charge on any atom is -0.382 e. The summed E-state index contributed by atoms with van der Waals surface area (Å²) < 4.78 is 0. The van der Waals surface area contributed by atoms with Gasteiger partial charge in [0.1, 0.15) is 6.10 Å². The molecule has 0 radical (unpaired) electrons. The van der Waals surface area contributed by atoms with Crippen molar-refractivity contribution in [3.05, 3.63) is 0 Å². The molecule has 1 amide bonds. The van der Waals surface area contributed by atoms with Crippen LogP contribution in [0.2, 0.25) is 0 Å². The molecule has 3 atom stereocenters. The van der Waals surface area contributed by atoms with Gasteiger partial charge in [-0.25, -0.2) is 0 Å². The van der Waals surface area contributed by atoms with Gasteiger partial charge in [0.2, 0.25) is 5.91 Å². The van der Waals surface area contributed by atoms with Crippen LogP contribution >= 0.6 is 0 Å². The van der Waals surface area contributed by atoms with Crippen molar-refractivity contribution in [2.45, 2.75) is 69.9 Å². The average Bonchev–Trinajstić information content (AvgIpc) is 2.46. The normalized spacial score (nSPS) is 31.0. The Labute approximate surface area is 116 Å². The maximum absolute atomic E-state index is 10.9. The van der Waals surface area contributed by atoms with Crippen molar-refractivity contribution in [2.75, 3.05) is 6.54 Å². The van der Waals surface area contributed by atoms with Crippen LogP contribution in [0, 0.1) is 11.8 Å². The molecule has 2 rings (SSSR count). The number of nitrogens with one attached hydrogen (secondary N) is 1. The molecule has 2 saturated carbocycles. The zero-order valence-corrected chi connectivity index (χ0v) is 11.8. The average molecular weight is 268 g/mol. The molecule has 4 N–H and O–H groups in total. The van der Waals surface area contributed by atoms with Gasteiger partial charge in [-0.15, -0.1) is 0 Å². The summed E-state index contributed by atoms with van der Waals surface area (Å²) in [7, 11) is 0. The Morgan fingerprint density at radius 3 is 2.42 bits per heavy atom. The molecule has 0 aliphatic heterocycles. The van der Waals surface area contributed by atoms with E-state index < -0.39 is 12.0 Å². The summed E-state index contributed by atoms with van der Waals surface area (Å²) in [5.41, 5.74) is 5.10. The molecule has 4 nitrogen and oxygen atoms in total. The molecule has 2 aliphatic carbocycles. The lowest BCUT2D eigenvalue weighted by molar-refractivity contribution is -0.125. The second-order valence-electron chi connectivity index (χ2n) is 6.28. The third-order valence-electron chi connectivity index (χ3n) is 4.98. The van der Waals surface area contributed by atoms with Gasteiger partial charge in [-0.1, -0.05) is 44.9 Å². The van der Waals surface area contributed by atoms with Gasteiger partial charge in [0.05, 0.1) is 0 Å². The highest BCUT2D eigenvalue weighted by Crippen LogP contribution is 2.38. The summed E-state index contributed by atoms with van der Waals surface area (Å²) in [5.74, 6) is 0.948. The summed E-state index contributed by atoms with van der Waals surface area (Å²) in [6, 6.07) is 0.464. The second kappa shape index (κ2) is 7.25. The van der Waals surface area contributed by atoms with Gasteiger partial charge in [-0.2, -0.15) is 0 Å². The molecule has 0 heterocycles. The number of hydrogen-bond donors (Lipinski definition) is 3. The van der Waals surface area contributed by atoms with E-state index in [0.29, 0.717) is 12.6 Å². The number of hydrogen-bond acceptors (Lipinski definition) is 3. The molecular formula is C15H28N2O2. The molecule has 110 valence electrons. The quantitative estimate of drug-likeness (QED) is 0.708. The van der Waals surface area contributed by atoms with E-state index in [1.165, 1.54) is 57.8 Å². The van der Waals surface area contributed by atoms with Gasteiger partial charge in [-0.3, -0.25) is 4.79 Å². The van der Waals surface area contributed by atoms with Crippen LogP contribution in [-0.2, 0) is 4.79 Å². The van der Waals surface area contributed by atoms with Crippen molar-refractivity contribution < 1.29 is 9.90 Å². The number of primary amides is 1. The van der Waals surface area contributed by atoms with Gasteiger partial charge in [0, 0.05) is 12.6 Å². The standard InChI is InChI=1S/C15H28N2O2/c16-15(19)14(18)10-17-13-9-5-4-8-12(13)11-6-2-1-3-7-11/h11-14,17-18H,1-10H2,(H2,16,19). The Balaban J connectivity index is 1.86. The monoisotopic (exact) mass is 268 g/mol. The molecule has 4 heteroatoms. The summed E-state index contributed by atoms with van der Waals surface area (Å²) in [6.45, 7) is 0.309. The lowest BCUT2D eigenvalue weighted by atomic mass is 9.71. The van der Waals surface area contributed by atoms with Crippen molar-refractivity contribution in [1.82, 2.24) is 5.32 Å². The first-order valence-electron chi connectivity index (χ1n) is 7.89. The van der Waals surface area contributed by atoms with Crippen molar-refractivity contribution in [1.29, 1.82) is 0 Å². The predicted molar refractivity (Wildman–Crippen MR) is 75.5 cm³/mol. The van der Waals surface area contributed by atoms with Crippen molar-refractivity contribution >= 4 is 5.91 Å². The van der Waals surface area contributed by atoms with Crippen LogP contribution in [0.1, 0.15) is 57.8 Å². The Hall–Kier alpha value is -0.610. The van der Waals surface area contributed by atoms with Gasteiger partial charge in [0.15, 0.2) is 0 Å². The van der Waals surface area contributed by atoms with Gasteiger partial charge >= 0.3 is 0 Å². The van der Waals surface area contributed by atoms with E-state index in [0.717, 1.165) is 11.8 Å². The zero-order chi connectivity index (χ0) is 13.7. The van der Waals surface area contributed by atoms with Crippen LogP contribution in [0.4, 0.5) is 0 Å². The molecule has 0 spiro atoms. The Morgan fingerprint density at radius 2 is 1.74 bits per heavy atom. The van der Waals surface area contributed by atoms with Crippen LogP contribution in [-0.4, -0.2) is 29.7 Å². The number of carbonyl (C=O) groups is 1. The van der Waals surface area contributed by atoms with Crippen LogP contribution in [0.25, 0.3) is 0 Å². The fourth-order valence-electron chi connectivity index (χ4n) is 3.90. The number of nitrogens with two attached hydrogens (primary N) is 1. The summed E-state index contributed by atoms with van der Waals surface area (Å²) in [6.07, 6.45) is 10.9. The SMILES string of the molecule is NC(=O)C(O)CNC1CCCCC1C1CCCCC1. The summed E-state index contributed by atoms with van der Waals surface area (Å²) in [4.78, 5) is 10.9. The van der Waals surface area contributed by atoms with E-state index in [-0.39, 0.29) is 0 Å². The van der Waals surface area contributed by atoms with E-state index in [1.807, 2.05) is 0 Å². The largest absolute Gasteiger partial charge is 0.382 e. The van der Waals surface area contributed by atoms with Crippen molar-refractivity contribution in [3.8, 4) is 0 Å². The van der Waals surface area contributed by atoms with Crippen LogP contribution in [0.15, 0.2) is 0 Å². The third-order valence-corrected chi connectivity index (χ3v) is 4.98. The number of aliphatic hydroxyl groups excluding tert-OH is 1. The molecule has 2 aliphatic rings. The van der Waals surface area contributed by atoms with E-state index >= 15 is 0 Å². The number of carbonyl (C=O) groups excluding carboxylic acids is 1. The second-order valence-corrected chi connectivity index (χ2v) is 6.28. The minimum atomic E-state index is -1.05. The first-order valence-corrected chi connectivity index (χ1v) is 7.89. The van der Waals surface area contributed by atoms with Crippen LogP contribution in [0.5, 0.6) is 0 Å². The Kier molecular flexibility index (Phi) is 5.64. The molecule has 0 aromatic carbocycles. The molecule has 3 unspecified atom stereocenters. The predicted octanol–water partition coefficient (Wildman–Crippen LogP) is 1.56. The maximum atomic E-state index is 10.9. The fourth-order valence-corrected chi connectivity index (χ4v) is 3.90. The van der Waals surface area contributed by atoms with Crippen LogP contribution < -0.4 is 11.1 Å². The highest BCUT2D eigenvalue weighted by Gasteiger charge is 2.32.